The third-order valence-corrected chi connectivity index (χ3v) is 6.22. The number of urea groups is 1. The monoisotopic (exact) mass is 417 g/mol. The number of aromatic nitrogens is 2. The number of carbonyl (C=O) groups is 3. The molecule has 1 aliphatic heterocycles. The number of thioether (sulfide) groups is 1. The Labute approximate surface area is 170 Å². The maximum atomic E-state index is 13.0. The first-order valence-electron chi connectivity index (χ1n) is 8.57. The molecule has 1 aromatic carbocycles. The molecule has 0 aliphatic carbocycles. The Bertz CT molecular complexity index is 902. The fourth-order valence-corrected chi connectivity index (χ4v) is 4.41. The van der Waals surface area contributed by atoms with Gasteiger partial charge in [-0.25, -0.2) is 4.79 Å². The molecule has 8 nitrogen and oxygen atoms in total. The minimum atomic E-state index is -1.16. The molecule has 0 bridgehead atoms. The van der Waals surface area contributed by atoms with Gasteiger partial charge in [-0.3, -0.25) is 19.8 Å². The molecule has 1 unspecified atom stereocenters. The average Bonchev–Trinajstić information content (AvgIpc) is 3.24. The van der Waals surface area contributed by atoms with Gasteiger partial charge in [-0.15, -0.1) is 16.8 Å². The molecule has 146 valence electrons. The predicted molar refractivity (Wildman–Crippen MR) is 108 cm³/mol. The molecule has 0 radical (unpaired) electrons. The average molecular weight is 418 g/mol. The minimum Gasteiger partial charge on any atom is -0.319 e. The van der Waals surface area contributed by atoms with Crippen LogP contribution in [0.4, 0.5) is 9.93 Å². The molecule has 1 aromatic heterocycles. The Kier molecular flexibility index (Phi) is 6.10. The lowest BCUT2D eigenvalue weighted by Crippen LogP contribution is -2.44. The number of rotatable bonds is 8. The van der Waals surface area contributed by atoms with Crippen LogP contribution in [0.5, 0.6) is 0 Å². The predicted octanol–water partition coefficient (Wildman–Crippen LogP) is 2.61. The zero-order valence-corrected chi connectivity index (χ0v) is 16.8. The molecule has 1 fully saturated rings. The fraction of sp³-hybridized carbons (Fsp3) is 0.278. The van der Waals surface area contributed by atoms with Gasteiger partial charge in [0.25, 0.3) is 5.91 Å². The largest absolute Gasteiger partial charge is 0.325 e. The molecule has 2 aromatic rings. The summed E-state index contributed by atoms with van der Waals surface area (Å²) in [5.74, 6) is -0.274. The van der Waals surface area contributed by atoms with Crippen molar-refractivity contribution in [1.29, 1.82) is 0 Å². The number of nitrogens with one attached hydrogen (secondary N) is 2. The number of benzene rings is 1. The third kappa shape index (κ3) is 3.92. The normalized spacial score (nSPS) is 18.8. The summed E-state index contributed by atoms with van der Waals surface area (Å²) in [5.41, 5.74) is -0.470. The van der Waals surface area contributed by atoms with E-state index in [2.05, 4.69) is 27.4 Å². The van der Waals surface area contributed by atoms with Crippen molar-refractivity contribution in [3.05, 3.63) is 48.6 Å². The van der Waals surface area contributed by atoms with Gasteiger partial charge in [0.1, 0.15) is 12.1 Å². The van der Waals surface area contributed by atoms with Crippen LogP contribution in [0.3, 0.4) is 0 Å². The van der Waals surface area contributed by atoms with Crippen molar-refractivity contribution in [2.75, 3.05) is 17.6 Å². The number of amides is 4. The number of imide groups is 1. The van der Waals surface area contributed by atoms with Crippen LogP contribution in [-0.4, -0.2) is 45.2 Å². The van der Waals surface area contributed by atoms with Gasteiger partial charge in [0.15, 0.2) is 4.34 Å². The number of carbonyl (C=O) groups excluding carboxylic acids is 3. The summed E-state index contributed by atoms with van der Waals surface area (Å²) in [6.07, 6.45) is 2.12. The van der Waals surface area contributed by atoms with Gasteiger partial charge in [0.05, 0.1) is 0 Å². The number of hydrogen-bond donors (Lipinski definition) is 2. The summed E-state index contributed by atoms with van der Waals surface area (Å²) in [7, 11) is 0. The van der Waals surface area contributed by atoms with Crippen LogP contribution < -0.4 is 10.6 Å². The Hall–Kier alpha value is -2.72. The molecule has 2 N–H and O–H groups in total. The molecule has 1 atom stereocenters. The quantitative estimate of drug-likeness (QED) is 0.296. The highest BCUT2D eigenvalue weighted by molar-refractivity contribution is 8.01. The Morgan fingerprint density at radius 2 is 2.11 bits per heavy atom. The Morgan fingerprint density at radius 3 is 2.79 bits per heavy atom. The molecule has 3 rings (SSSR count). The van der Waals surface area contributed by atoms with Gasteiger partial charge in [0, 0.05) is 5.75 Å². The molecular weight excluding hydrogens is 398 g/mol. The summed E-state index contributed by atoms with van der Waals surface area (Å²) in [6.45, 7) is 5.06. The molecule has 10 heteroatoms. The standard InChI is InChI=1S/C18H19N5O3S2/c1-3-10-27-17-22-21-15(28-17)19-13(24)11-23-14(25)18(4-2,20-16(23)26)12-8-6-5-7-9-12/h3,5-9H,1,4,10-11H2,2H3,(H,20,26)(H,19,21,24). The van der Waals surface area contributed by atoms with Crippen LogP contribution in [0.25, 0.3) is 0 Å². The van der Waals surface area contributed by atoms with Crippen molar-refractivity contribution >= 4 is 46.1 Å². The molecule has 2 heterocycles. The van der Waals surface area contributed by atoms with Crippen LogP contribution in [0.15, 0.2) is 47.3 Å². The number of hydrogen-bond acceptors (Lipinski definition) is 7. The lowest BCUT2D eigenvalue weighted by molar-refractivity contribution is -0.134. The van der Waals surface area contributed by atoms with Gasteiger partial charge in [0.2, 0.25) is 11.0 Å². The molecule has 4 amide bonds. The van der Waals surface area contributed by atoms with E-state index in [-0.39, 0.29) is 0 Å². The maximum Gasteiger partial charge on any atom is 0.325 e. The van der Waals surface area contributed by atoms with Crippen molar-refractivity contribution in [3.8, 4) is 0 Å². The van der Waals surface area contributed by atoms with E-state index in [1.165, 1.54) is 23.1 Å². The van der Waals surface area contributed by atoms with Crippen LogP contribution in [0, 0.1) is 0 Å². The fourth-order valence-electron chi connectivity index (χ4n) is 2.88. The number of anilines is 1. The molecule has 28 heavy (non-hydrogen) atoms. The first-order chi connectivity index (χ1) is 13.5. The Morgan fingerprint density at radius 1 is 1.36 bits per heavy atom. The third-order valence-electron chi connectivity index (χ3n) is 4.25. The molecule has 0 spiro atoms. The van der Waals surface area contributed by atoms with Crippen molar-refractivity contribution in [2.45, 2.75) is 23.2 Å². The highest BCUT2D eigenvalue weighted by Gasteiger charge is 2.51. The Balaban J connectivity index is 1.69. The van der Waals surface area contributed by atoms with E-state index >= 15 is 0 Å². The van der Waals surface area contributed by atoms with Gasteiger partial charge < -0.3 is 5.32 Å². The highest BCUT2D eigenvalue weighted by atomic mass is 32.2. The van der Waals surface area contributed by atoms with Crippen molar-refractivity contribution < 1.29 is 14.4 Å². The minimum absolute atomic E-state index is 0.313. The number of nitrogens with zero attached hydrogens (tertiary/aromatic N) is 3. The van der Waals surface area contributed by atoms with Crippen molar-refractivity contribution in [2.24, 2.45) is 0 Å². The first-order valence-corrected chi connectivity index (χ1v) is 10.4. The van der Waals surface area contributed by atoms with E-state index in [9.17, 15) is 14.4 Å². The second kappa shape index (κ2) is 8.53. The molecular formula is C18H19N5O3S2. The van der Waals surface area contributed by atoms with E-state index in [0.717, 1.165) is 4.90 Å². The van der Waals surface area contributed by atoms with Crippen molar-refractivity contribution in [1.82, 2.24) is 20.4 Å². The summed E-state index contributed by atoms with van der Waals surface area (Å²) in [4.78, 5) is 38.7. The summed E-state index contributed by atoms with van der Waals surface area (Å²) in [6, 6.07) is 8.43. The van der Waals surface area contributed by atoms with Crippen LogP contribution in [0.2, 0.25) is 0 Å². The van der Waals surface area contributed by atoms with Crippen LogP contribution in [0.1, 0.15) is 18.9 Å². The van der Waals surface area contributed by atoms with E-state index in [4.69, 9.17) is 0 Å². The zero-order valence-electron chi connectivity index (χ0n) is 15.2. The zero-order chi connectivity index (χ0) is 20.1. The summed E-state index contributed by atoms with van der Waals surface area (Å²) >= 11 is 2.67. The van der Waals surface area contributed by atoms with Gasteiger partial charge in [-0.2, -0.15) is 0 Å². The first kappa shape index (κ1) is 20.0. The highest BCUT2D eigenvalue weighted by Crippen LogP contribution is 2.32. The van der Waals surface area contributed by atoms with Gasteiger partial charge in [-0.1, -0.05) is 66.4 Å². The van der Waals surface area contributed by atoms with Crippen molar-refractivity contribution in [3.63, 3.8) is 0 Å². The van der Waals surface area contributed by atoms with E-state index < -0.39 is 29.9 Å². The summed E-state index contributed by atoms with van der Waals surface area (Å²) < 4.78 is 0.694. The van der Waals surface area contributed by atoms with Gasteiger partial charge >= 0.3 is 6.03 Å². The second-order valence-corrected chi connectivity index (χ2v) is 8.21. The lowest BCUT2D eigenvalue weighted by Gasteiger charge is -2.25. The SMILES string of the molecule is C=CCSc1nnc(NC(=O)CN2C(=O)NC(CC)(c3ccccc3)C2=O)s1. The van der Waals surface area contributed by atoms with E-state index in [1.807, 2.05) is 13.0 Å². The van der Waals surface area contributed by atoms with Gasteiger partial charge in [-0.05, 0) is 12.0 Å². The summed E-state index contributed by atoms with van der Waals surface area (Å²) in [5, 5.41) is 13.5. The smallest absolute Gasteiger partial charge is 0.319 e. The van der Waals surface area contributed by atoms with Crippen LogP contribution in [-0.2, 0) is 15.1 Å². The molecule has 1 aliphatic rings. The molecule has 1 saturated heterocycles. The van der Waals surface area contributed by atoms with Crippen LogP contribution >= 0.6 is 23.1 Å². The second-order valence-electron chi connectivity index (χ2n) is 5.97. The lowest BCUT2D eigenvalue weighted by atomic mass is 9.87. The van der Waals surface area contributed by atoms with E-state index in [0.29, 0.717) is 27.2 Å². The van der Waals surface area contributed by atoms with E-state index in [1.54, 1.807) is 30.3 Å². The molecule has 0 saturated carbocycles. The maximum absolute atomic E-state index is 13.0. The topological polar surface area (TPSA) is 104 Å².